The number of alkyl halides is 6. The molecule has 0 aromatic heterocycles. The Balaban J connectivity index is 3.78. The van der Waals surface area contributed by atoms with Gasteiger partial charge >= 0.3 is 12.4 Å². The highest BCUT2D eigenvalue weighted by atomic mass is 19.4. The molecule has 0 spiro atoms. The lowest BCUT2D eigenvalue weighted by atomic mass is 9.90. The summed E-state index contributed by atoms with van der Waals surface area (Å²) in [5.41, 5.74) is 0. The Morgan fingerprint density at radius 3 is 1.75 bits per heavy atom. The molecule has 0 heterocycles. The minimum Gasteiger partial charge on any atom is -0.171 e. The van der Waals surface area contributed by atoms with Crippen molar-refractivity contribution in [2.45, 2.75) is 51.9 Å². The predicted octanol–water partition coefficient (Wildman–Crippen LogP) is 4.94. The van der Waals surface area contributed by atoms with Crippen LogP contribution in [0.1, 0.15) is 39.5 Å². The van der Waals surface area contributed by atoms with E-state index in [4.69, 9.17) is 0 Å². The van der Waals surface area contributed by atoms with Crippen molar-refractivity contribution in [1.82, 2.24) is 0 Å². The Hall–Kier alpha value is -0.420. The van der Waals surface area contributed by atoms with Crippen molar-refractivity contribution >= 4 is 0 Å². The molecule has 16 heavy (non-hydrogen) atoms. The van der Waals surface area contributed by atoms with E-state index in [1.807, 2.05) is 0 Å². The molecule has 0 rings (SSSR count). The van der Waals surface area contributed by atoms with Crippen molar-refractivity contribution in [3.8, 4) is 0 Å². The average molecular weight is 250 g/mol. The monoisotopic (exact) mass is 250 g/mol. The van der Waals surface area contributed by atoms with Gasteiger partial charge in [0.25, 0.3) is 0 Å². The molecule has 6 heteroatoms. The van der Waals surface area contributed by atoms with Gasteiger partial charge < -0.3 is 0 Å². The van der Waals surface area contributed by atoms with E-state index >= 15 is 0 Å². The molecule has 0 aliphatic carbocycles. The Bertz CT molecular complexity index is 192. The summed E-state index contributed by atoms with van der Waals surface area (Å²) in [5, 5.41) is 0. The van der Waals surface area contributed by atoms with Gasteiger partial charge in [-0.05, 0) is 12.3 Å². The molecule has 2 atom stereocenters. The lowest BCUT2D eigenvalue weighted by Gasteiger charge is -2.22. The number of hydrogen-bond donors (Lipinski definition) is 0. The van der Waals surface area contributed by atoms with Gasteiger partial charge in [0.2, 0.25) is 0 Å². The Morgan fingerprint density at radius 1 is 0.875 bits per heavy atom. The van der Waals surface area contributed by atoms with Crippen LogP contribution in [0.2, 0.25) is 0 Å². The van der Waals surface area contributed by atoms with E-state index in [1.54, 1.807) is 0 Å². The SMILES string of the molecule is CC(CCCCC(F)(F)F)C(C)C(F)(F)F. The minimum absolute atomic E-state index is 0.0988. The smallest absolute Gasteiger partial charge is 0.171 e. The van der Waals surface area contributed by atoms with Crippen molar-refractivity contribution in [1.29, 1.82) is 0 Å². The number of unbranched alkanes of at least 4 members (excludes halogenated alkanes) is 1. The fourth-order valence-electron chi connectivity index (χ4n) is 1.36. The summed E-state index contributed by atoms with van der Waals surface area (Å²) in [6, 6.07) is 0. The third-order valence-electron chi connectivity index (χ3n) is 2.74. The van der Waals surface area contributed by atoms with Gasteiger partial charge in [-0.3, -0.25) is 0 Å². The van der Waals surface area contributed by atoms with Crippen molar-refractivity contribution in [3.63, 3.8) is 0 Å². The first-order valence-electron chi connectivity index (χ1n) is 5.17. The van der Waals surface area contributed by atoms with E-state index < -0.39 is 30.6 Å². The van der Waals surface area contributed by atoms with Gasteiger partial charge in [0.1, 0.15) is 0 Å². The second-order valence-corrected chi connectivity index (χ2v) is 4.17. The Morgan fingerprint density at radius 2 is 1.38 bits per heavy atom. The lowest BCUT2D eigenvalue weighted by Crippen LogP contribution is -2.26. The van der Waals surface area contributed by atoms with E-state index in [9.17, 15) is 26.3 Å². The molecule has 98 valence electrons. The van der Waals surface area contributed by atoms with E-state index in [1.165, 1.54) is 6.92 Å². The fourth-order valence-corrected chi connectivity index (χ4v) is 1.36. The van der Waals surface area contributed by atoms with Crippen LogP contribution in [0.4, 0.5) is 26.3 Å². The molecule has 0 fully saturated rings. The van der Waals surface area contributed by atoms with Gasteiger partial charge in [-0.15, -0.1) is 0 Å². The first-order chi connectivity index (χ1) is 7.04. The Kier molecular flexibility index (Phi) is 5.62. The molecule has 0 saturated heterocycles. The maximum absolute atomic E-state index is 12.2. The summed E-state index contributed by atoms with van der Waals surface area (Å²) >= 11 is 0. The third-order valence-corrected chi connectivity index (χ3v) is 2.74. The highest BCUT2D eigenvalue weighted by Gasteiger charge is 2.39. The maximum Gasteiger partial charge on any atom is 0.391 e. The van der Waals surface area contributed by atoms with Crippen molar-refractivity contribution in [2.24, 2.45) is 11.8 Å². The Labute approximate surface area is 91.0 Å². The molecule has 0 radical (unpaired) electrons. The summed E-state index contributed by atoms with van der Waals surface area (Å²) in [6.07, 6.45) is -9.13. The van der Waals surface area contributed by atoms with Crippen LogP contribution in [0.5, 0.6) is 0 Å². The highest BCUT2D eigenvalue weighted by molar-refractivity contribution is 4.69. The second kappa shape index (κ2) is 5.77. The van der Waals surface area contributed by atoms with Crippen LogP contribution in [0.15, 0.2) is 0 Å². The van der Waals surface area contributed by atoms with Crippen LogP contribution in [0.3, 0.4) is 0 Å². The topological polar surface area (TPSA) is 0 Å². The molecule has 0 aromatic rings. The van der Waals surface area contributed by atoms with Gasteiger partial charge in [0.05, 0.1) is 5.92 Å². The standard InChI is InChI=1S/C10H16F6/c1-7(8(2)10(14,15)16)5-3-4-6-9(11,12)13/h7-8H,3-6H2,1-2H3. The zero-order valence-electron chi connectivity index (χ0n) is 9.25. The molecular weight excluding hydrogens is 234 g/mol. The second-order valence-electron chi connectivity index (χ2n) is 4.17. The lowest BCUT2D eigenvalue weighted by molar-refractivity contribution is -0.182. The summed E-state index contributed by atoms with van der Waals surface area (Å²) in [5.74, 6) is -2.09. The van der Waals surface area contributed by atoms with Gasteiger partial charge in [-0.2, -0.15) is 26.3 Å². The maximum atomic E-state index is 12.2. The van der Waals surface area contributed by atoms with E-state index in [0.29, 0.717) is 0 Å². The molecule has 0 saturated carbocycles. The molecule has 2 unspecified atom stereocenters. The predicted molar refractivity (Wildman–Crippen MR) is 48.9 cm³/mol. The van der Waals surface area contributed by atoms with Gasteiger partial charge in [0, 0.05) is 6.42 Å². The van der Waals surface area contributed by atoms with Crippen LogP contribution in [-0.4, -0.2) is 12.4 Å². The van der Waals surface area contributed by atoms with Crippen molar-refractivity contribution in [2.75, 3.05) is 0 Å². The van der Waals surface area contributed by atoms with E-state index in [2.05, 4.69) is 0 Å². The normalized spacial score (nSPS) is 17.2. The molecule has 0 aromatic carbocycles. The van der Waals surface area contributed by atoms with Crippen LogP contribution in [0.25, 0.3) is 0 Å². The van der Waals surface area contributed by atoms with Crippen molar-refractivity contribution in [3.05, 3.63) is 0 Å². The van der Waals surface area contributed by atoms with Crippen LogP contribution >= 0.6 is 0 Å². The first kappa shape index (κ1) is 15.6. The average Bonchev–Trinajstić information content (AvgIpc) is 2.07. The summed E-state index contributed by atoms with van der Waals surface area (Å²) in [7, 11) is 0. The summed E-state index contributed by atoms with van der Waals surface area (Å²) in [6.45, 7) is 2.49. The van der Waals surface area contributed by atoms with Gasteiger partial charge in [-0.1, -0.05) is 26.7 Å². The number of hydrogen-bond acceptors (Lipinski definition) is 0. The van der Waals surface area contributed by atoms with Crippen molar-refractivity contribution < 1.29 is 26.3 Å². The summed E-state index contributed by atoms with van der Waals surface area (Å²) in [4.78, 5) is 0. The molecule has 0 nitrogen and oxygen atoms in total. The van der Waals surface area contributed by atoms with E-state index in [0.717, 1.165) is 6.92 Å². The van der Waals surface area contributed by atoms with Crippen LogP contribution in [-0.2, 0) is 0 Å². The molecule has 0 N–H and O–H groups in total. The molecule has 0 aliphatic rings. The minimum atomic E-state index is -4.26. The van der Waals surface area contributed by atoms with Crippen LogP contribution < -0.4 is 0 Å². The zero-order chi connectivity index (χ0) is 13.0. The molecule has 0 bridgehead atoms. The van der Waals surface area contributed by atoms with Crippen LogP contribution in [0, 0.1) is 11.8 Å². The summed E-state index contributed by atoms with van der Waals surface area (Å²) < 4.78 is 71.9. The van der Waals surface area contributed by atoms with Gasteiger partial charge in [0.15, 0.2) is 0 Å². The highest BCUT2D eigenvalue weighted by Crippen LogP contribution is 2.34. The zero-order valence-corrected chi connectivity index (χ0v) is 9.25. The quantitative estimate of drug-likeness (QED) is 0.478. The number of halogens is 6. The fraction of sp³-hybridized carbons (Fsp3) is 1.00. The third kappa shape index (κ3) is 6.95. The number of rotatable bonds is 5. The largest absolute Gasteiger partial charge is 0.391 e. The van der Waals surface area contributed by atoms with E-state index in [-0.39, 0.29) is 19.3 Å². The molecule has 0 aliphatic heterocycles. The first-order valence-corrected chi connectivity index (χ1v) is 5.17. The molecular formula is C10H16F6. The molecule has 0 amide bonds. The van der Waals surface area contributed by atoms with Gasteiger partial charge in [-0.25, -0.2) is 0 Å².